The minimum absolute atomic E-state index is 0.0414. The highest BCUT2D eigenvalue weighted by Crippen LogP contribution is 2.40. The van der Waals surface area contributed by atoms with Crippen molar-refractivity contribution in [3.63, 3.8) is 0 Å². The molecule has 0 saturated heterocycles. The Morgan fingerprint density at radius 2 is 2.05 bits per heavy atom. The highest BCUT2D eigenvalue weighted by atomic mass is 19.3. The third-order valence-electron chi connectivity index (χ3n) is 3.50. The van der Waals surface area contributed by atoms with Crippen molar-refractivity contribution in [2.75, 3.05) is 23.0 Å². The summed E-state index contributed by atoms with van der Waals surface area (Å²) in [6.45, 7) is 0.373. The molecule has 7 heteroatoms. The molecular formula is C15H15F2N3O2. The summed E-state index contributed by atoms with van der Waals surface area (Å²) in [5.41, 5.74) is 1.61. The van der Waals surface area contributed by atoms with E-state index in [9.17, 15) is 13.9 Å². The fourth-order valence-corrected chi connectivity index (χ4v) is 2.46. The van der Waals surface area contributed by atoms with Crippen molar-refractivity contribution in [3.8, 4) is 11.5 Å². The van der Waals surface area contributed by atoms with Crippen LogP contribution in [0.2, 0.25) is 0 Å². The monoisotopic (exact) mass is 307 g/mol. The second-order valence-corrected chi connectivity index (χ2v) is 4.83. The number of anilines is 3. The minimum Gasteiger partial charge on any atom is -0.508 e. The van der Waals surface area contributed by atoms with Crippen molar-refractivity contribution in [2.45, 2.75) is 13.5 Å². The molecule has 2 aromatic rings. The largest absolute Gasteiger partial charge is 0.508 e. The lowest BCUT2D eigenvalue weighted by atomic mass is 10.2. The van der Waals surface area contributed by atoms with Crippen molar-refractivity contribution in [1.82, 2.24) is 4.98 Å². The third-order valence-corrected chi connectivity index (χ3v) is 3.50. The summed E-state index contributed by atoms with van der Waals surface area (Å²) in [4.78, 5) is 8.21. The second kappa shape index (κ2) is 5.67. The number of fused-ring (bicyclic) bond motifs is 1. The van der Waals surface area contributed by atoms with Crippen LogP contribution < -0.4 is 14.5 Å². The zero-order chi connectivity index (χ0) is 15.7. The van der Waals surface area contributed by atoms with E-state index in [0.717, 1.165) is 11.4 Å². The van der Waals surface area contributed by atoms with Crippen LogP contribution in [0, 0.1) is 0 Å². The van der Waals surface area contributed by atoms with Gasteiger partial charge in [0.05, 0.1) is 18.6 Å². The maximum Gasteiger partial charge on any atom is 0.387 e. The number of hydrogen-bond donors (Lipinski definition) is 1. The van der Waals surface area contributed by atoms with Gasteiger partial charge in [0.2, 0.25) is 0 Å². The van der Waals surface area contributed by atoms with Crippen molar-refractivity contribution >= 4 is 17.2 Å². The van der Waals surface area contributed by atoms with Gasteiger partial charge < -0.3 is 19.6 Å². The molecule has 1 aliphatic rings. The summed E-state index contributed by atoms with van der Waals surface area (Å²) in [7, 11) is 0. The van der Waals surface area contributed by atoms with E-state index < -0.39 is 6.61 Å². The number of aromatic hydroxyl groups is 1. The van der Waals surface area contributed by atoms with Gasteiger partial charge in [0, 0.05) is 18.3 Å². The molecule has 116 valence electrons. The molecule has 0 unspecified atom stereocenters. The van der Waals surface area contributed by atoms with Crippen LogP contribution in [0.3, 0.4) is 0 Å². The first-order valence-corrected chi connectivity index (χ1v) is 6.85. The Morgan fingerprint density at radius 3 is 2.68 bits per heavy atom. The molecule has 1 N–H and O–H groups in total. The van der Waals surface area contributed by atoms with Gasteiger partial charge >= 0.3 is 6.61 Å². The molecular weight excluding hydrogens is 292 g/mol. The van der Waals surface area contributed by atoms with Crippen LogP contribution in [0.5, 0.6) is 11.5 Å². The standard InChI is InChI=1S/C15H15F2N3O2/c1-2-19-9-20(10-3-5-11(21)6-4-10)14-13(19)7-12(8-18-14)22-15(16)17/h3-8,15,21H,2,9H2,1H3. The number of halogens is 2. The molecule has 1 aromatic heterocycles. The van der Waals surface area contributed by atoms with E-state index in [1.807, 2.05) is 16.7 Å². The predicted octanol–water partition coefficient (Wildman–Crippen LogP) is 3.32. The summed E-state index contributed by atoms with van der Waals surface area (Å²) >= 11 is 0. The van der Waals surface area contributed by atoms with Gasteiger partial charge in [-0.2, -0.15) is 8.78 Å². The Bertz CT molecular complexity index is 664. The number of benzene rings is 1. The first kappa shape index (κ1) is 14.4. The number of aromatic nitrogens is 1. The van der Waals surface area contributed by atoms with Gasteiger partial charge in [-0.25, -0.2) is 4.98 Å². The van der Waals surface area contributed by atoms with E-state index in [1.165, 1.54) is 6.20 Å². The lowest BCUT2D eigenvalue weighted by molar-refractivity contribution is -0.0500. The molecule has 0 bridgehead atoms. The lowest BCUT2D eigenvalue weighted by Crippen LogP contribution is -2.27. The van der Waals surface area contributed by atoms with Crippen LogP contribution in [-0.4, -0.2) is 29.9 Å². The molecule has 22 heavy (non-hydrogen) atoms. The fraction of sp³-hybridized carbons (Fsp3) is 0.267. The number of nitrogens with zero attached hydrogens (tertiary/aromatic N) is 3. The number of ether oxygens (including phenoxy) is 1. The Morgan fingerprint density at radius 1 is 1.32 bits per heavy atom. The van der Waals surface area contributed by atoms with Crippen LogP contribution >= 0.6 is 0 Å². The third kappa shape index (κ3) is 2.61. The zero-order valence-corrected chi connectivity index (χ0v) is 11.9. The summed E-state index contributed by atoms with van der Waals surface area (Å²) in [5.74, 6) is 0.901. The van der Waals surface area contributed by atoms with Gasteiger partial charge in [-0.1, -0.05) is 0 Å². The fourth-order valence-electron chi connectivity index (χ4n) is 2.46. The summed E-state index contributed by atoms with van der Waals surface area (Å²) in [6.07, 6.45) is 1.29. The Labute approximate surface area is 126 Å². The van der Waals surface area contributed by atoms with E-state index in [4.69, 9.17) is 0 Å². The quantitative estimate of drug-likeness (QED) is 0.939. The van der Waals surface area contributed by atoms with Gasteiger partial charge in [0.1, 0.15) is 11.5 Å². The van der Waals surface area contributed by atoms with E-state index in [1.54, 1.807) is 30.3 Å². The van der Waals surface area contributed by atoms with Crippen LogP contribution in [-0.2, 0) is 0 Å². The number of rotatable bonds is 4. The molecule has 0 spiro atoms. The minimum atomic E-state index is -2.87. The van der Waals surface area contributed by atoms with Gasteiger partial charge in [-0.3, -0.25) is 0 Å². The molecule has 2 heterocycles. The molecule has 0 atom stereocenters. The molecule has 0 aliphatic carbocycles. The van der Waals surface area contributed by atoms with Crippen molar-refractivity contribution in [3.05, 3.63) is 36.5 Å². The van der Waals surface area contributed by atoms with Crippen LogP contribution in [0.25, 0.3) is 0 Å². The van der Waals surface area contributed by atoms with Crippen LogP contribution in [0.15, 0.2) is 36.5 Å². The summed E-state index contributed by atoms with van der Waals surface area (Å²) < 4.78 is 29.1. The van der Waals surface area contributed by atoms with Crippen molar-refractivity contribution < 1.29 is 18.6 Å². The molecule has 5 nitrogen and oxygen atoms in total. The second-order valence-electron chi connectivity index (χ2n) is 4.83. The molecule has 0 radical (unpaired) electrons. The Hall–Kier alpha value is -2.57. The van der Waals surface area contributed by atoms with Gasteiger partial charge in [-0.15, -0.1) is 0 Å². The van der Waals surface area contributed by atoms with E-state index in [0.29, 0.717) is 19.0 Å². The topological polar surface area (TPSA) is 48.8 Å². The Kier molecular flexibility index (Phi) is 3.70. The number of phenolic OH excluding ortho intramolecular Hbond substituents is 1. The molecule has 0 fully saturated rings. The molecule has 0 amide bonds. The smallest absolute Gasteiger partial charge is 0.387 e. The van der Waals surface area contributed by atoms with Gasteiger partial charge in [0.25, 0.3) is 0 Å². The predicted molar refractivity (Wildman–Crippen MR) is 79.0 cm³/mol. The van der Waals surface area contributed by atoms with E-state index in [-0.39, 0.29) is 11.5 Å². The highest BCUT2D eigenvalue weighted by molar-refractivity contribution is 5.80. The number of pyridine rings is 1. The van der Waals surface area contributed by atoms with Gasteiger partial charge in [0.15, 0.2) is 5.82 Å². The SMILES string of the molecule is CCN1CN(c2ccc(O)cc2)c2ncc(OC(F)F)cc21. The van der Waals surface area contributed by atoms with Crippen molar-refractivity contribution in [2.24, 2.45) is 0 Å². The zero-order valence-electron chi connectivity index (χ0n) is 11.9. The van der Waals surface area contributed by atoms with Crippen LogP contribution in [0.1, 0.15) is 6.92 Å². The molecule has 3 rings (SSSR count). The number of phenols is 1. The normalized spacial score (nSPS) is 13.6. The molecule has 0 saturated carbocycles. The summed E-state index contributed by atoms with van der Waals surface area (Å²) in [6, 6.07) is 8.32. The molecule has 1 aromatic carbocycles. The van der Waals surface area contributed by atoms with Gasteiger partial charge in [-0.05, 0) is 31.2 Å². The lowest BCUT2D eigenvalue weighted by Gasteiger charge is -2.19. The average Bonchev–Trinajstić information content (AvgIpc) is 2.85. The van der Waals surface area contributed by atoms with Crippen LogP contribution in [0.4, 0.5) is 26.0 Å². The summed E-state index contributed by atoms with van der Waals surface area (Å²) in [5, 5.41) is 9.38. The van der Waals surface area contributed by atoms with E-state index >= 15 is 0 Å². The number of hydrogen-bond acceptors (Lipinski definition) is 5. The first-order chi connectivity index (χ1) is 10.6. The Balaban J connectivity index is 1.97. The maximum absolute atomic E-state index is 12.3. The number of alkyl halides is 2. The molecule has 1 aliphatic heterocycles. The van der Waals surface area contributed by atoms with E-state index in [2.05, 4.69) is 9.72 Å². The van der Waals surface area contributed by atoms with Crippen molar-refractivity contribution in [1.29, 1.82) is 0 Å². The average molecular weight is 307 g/mol. The highest BCUT2D eigenvalue weighted by Gasteiger charge is 2.28. The maximum atomic E-state index is 12.3. The first-order valence-electron chi connectivity index (χ1n) is 6.85.